The van der Waals surface area contributed by atoms with Gasteiger partial charge in [-0.25, -0.2) is 4.79 Å². The summed E-state index contributed by atoms with van der Waals surface area (Å²) in [7, 11) is 0. The van der Waals surface area contributed by atoms with Crippen LogP contribution in [0.25, 0.3) is 0 Å². The first kappa shape index (κ1) is 18.0. The van der Waals surface area contributed by atoms with Gasteiger partial charge < -0.3 is 19.9 Å². The molecule has 132 valence electrons. The standard InChI is InChI=1S/C16H28N2O5/c1-16(2,3)23-15(21)17-11-8-13(9-11)22-12-4-6-18(7-5-12)10-14(19)20/h11-13H,4-10H2,1-3H3,(H,17,21)(H,19,20). The maximum Gasteiger partial charge on any atom is 0.407 e. The minimum Gasteiger partial charge on any atom is -0.480 e. The summed E-state index contributed by atoms with van der Waals surface area (Å²) in [6.07, 6.45) is 3.38. The van der Waals surface area contributed by atoms with Crippen LogP contribution in [0.1, 0.15) is 46.5 Å². The van der Waals surface area contributed by atoms with Crippen molar-refractivity contribution in [1.29, 1.82) is 0 Å². The molecule has 2 fully saturated rings. The molecule has 1 aliphatic carbocycles. The molecule has 0 unspecified atom stereocenters. The lowest BCUT2D eigenvalue weighted by Crippen LogP contribution is -2.50. The summed E-state index contributed by atoms with van der Waals surface area (Å²) >= 11 is 0. The number of aliphatic carboxylic acids is 1. The third-order valence-electron chi connectivity index (χ3n) is 4.09. The number of rotatable bonds is 5. The minimum atomic E-state index is -0.778. The number of piperidine rings is 1. The quantitative estimate of drug-likeness (QED) is 0.797. The van der Waals surface area contributed by atoms with E-state index in [2.05, 4.69) is 5.32 Å². The van der Waals surface area contributed by atoms with Crippen LogP contribution in [0.2, 0.25) is 0 Å². The van der Waals surface area contributed by atoms with E-state index in [1.807, 2.05) is 25.7 Å². The van der Waals surface area contributed by atoms with Gasteiger partial charge >= 0.3 is 12.1 Å². The van der Waals surface area contributed by atoms with Crippen molar-refractivity contribution in [3.63, 3.8) is 0 Å². The van der Waals surface area contributed by atoms with Gasteiger partial charge in [-0.15, -0.1) is 0 Å². The van der Waals surface area contributed by atoms with E-state index in [0.717, 1.165) is 38.8 Å². The summed E-state index contributed by atoms with van der Waals surface area (Å²) in [5, 5.41) is 11.6. The zero-order chi connectivity index (χ0) is 17.0. The first-order chi connectivity index (χ1) is 10.7. The molecule has 7 heteroatoms. The molecule has 2 N–H and O–H groups in total. The third-order valence-corrected chi connectivity index (χ3v) is 4.09. The predicted molar refractivity (Wildman–Crippen MR) is 84.4 cm³/mol. The van der Waals surface area contributed by atoms with E-state index in [1.54, 1.807) is 0 Å². The van der Waals surface area contributed by atoms with E-state index in [-0.39, 0.29) is 30.9 Å². The van der Waals surface area contributed by atoms with Gasteiger partial charge in [-0.1, -0.05) is 0 Å². The monoisotopic (exact) mass is 328 g/mol. The Morgan fingerprint density at radius 3 is 2.30 bits per heavy atom. The van der Waals surface area contributed by atoms with Crippen LogP contribution in [-0.2, 0) is 14.3 Å². The molecule has 23 heavy (non-hydrogen) atoms. The Hall–Kier alpha value is -1.34. The highest BCUT2D eigenvalue weighted by atomic mass is 16.6. The van der Waals surface area contributed by atoms with Crippen molar-refractivity contribution in [1.82, 2.24) is 10.2 Å². The number of hydrogen-bond donors (Lipinski definition) is 2. The number of carbonyl (C=O) groups is 2. The molecule has 0 radical (unpaired) electrons. The lowest BCUT2D eigenvalue weighted by atomic mass is 9.89. The van der Waals surface area contributed by atoms with E-state index in [9.17, 15) is 9.59 Å². The third kappa shape index (κ3) is 6.35. The van der Waals surface area contributed by atoms with Crippen LogP contribution in [0.4, 0.5) is 4.79 Å². The number of carbonyl (C=O) groups excluding carboxylic acids is 1. The highest BCUT2D eigenvalue weighted by Gasteiger charge is 2.34. The maximum atomic E-state index is 11.7. The Morgan fingerprint density at radius 1 is 1.17 bits per heavy atom. The second-order valence-corrected chi connectivity index (χ2v) is 7.44. The molecule has 1 saturated heterocycles. The average molecular weight is 328 g/mol. The maximum absolute atomic E-state index is 11.7. The van der Waals surface area contributed by atoms with E-state index in [0.29, 0.717) is 0 Å². The molecule has 1 heterocycles. The lowest BCUT2D eigenvalue weighted by Gasteiger charge is -2.40. The SMILES string of the molecule is CC(C)(C)OC(=O)NC1CC(OC2CCN(CC(=O)O)CC2)C1. The molecule has 0 aromatic heterocycles. The summed E-state index contributed by atoms with van der Waals surface area (Å²) in [6.45, 7) is 7.17. The van der Waals surface area contributed by atoms with E-state index >= 15 is 0 Å². The summed E-state index contributed by atoms with van der Waals surface area (Å²) in [4.78, 5) is 24.3. The number of likely N-dealkylation sites (tertiary alicyclic amines) is 1. The van der Waals surface area contributed by atoms with Crippen molar-refractivity contribution in [3.05, 3.63) is 0 Å². The highest BCUT2D eigenvalue weighted by molar-refractivity contribution is 5.69. The summed E-state index contributed by atoms with van der Waals surface area (Å²) in [5.74, 6) is -0.778. The van der Waals surface area contributed by atoms with Crippen LogP contribution in [0, 0.1) is 0 Å². The number of nitrogens with zero attached hydrogens (tertiary/aromatic N) is 1. The molecule has 0 aromatic rings. The molecular weight excluding hydrogens is 300 g/mol. The van der Waals surface area contributed by atoms with Crippen molar-refractivity contribution >= 4 is 12.1 Å². The minimum absolute atomic E-state index is 0.109. The molecule has 7 nitrogen and oxygen atoms in total. The second kappa shape index (κ2) is 7.49. The van der Waals surface area contributed by atoms with Crippen LogP contribution in [0.5, 0.6) is 0 Å². The predicted octanol–water partition coefficient (Wildman–Crippen LogP) is 1.61. The number of hydrogen-bond acceptors (Lipinski definition) is 5. The van der Waals surface area contributed by atoms with Gasteiger partial charge in [0.1, 0.15) is 5.60 Å². The van der Waals surface area contributed by atoms with Gasteiger partial charge in [-0.05, 0) is 46.5 Å². The van der Waals surface area contributed by atoms with Gasteiger partial charge in [-0.2, -0.15) is 0 Å². The van der Waals surface area contributed by atoms with E-state index in [4.69, 9.17) is 14.6 Å². The molecule has 1 amide bonds. The van der Waals surface area contributed by atoms with Gasteiger partial charge in [-0.3, -0.25) is 9.69 Å². The van der Waals surface area contributed by atoms with Crippen molar-refractivity contribution in [3.8, 4) is 0 Å². The number of carboxylic acid groups (broad SMARTS) is 1. The topological polar surface area (TPSA) is 88.1 Å². The fourth-order valence-corrected chi connectivity index (χ4v) is 2.94. The summed E-state index contributed by atoms with van der Waals surface area (Å²) in [5.41, 5.74) is -0.479. The number of nitrogens with one attached hydrogen (secondary N) is 1. The van der Waals surface area contributed by atoms with Gasteiger partial charge in [0.15, 0.2) is 0 Å². The van der Waals surface area contributed by atoms with Gasteiger partial charge in [0.2, 0.25) is 0 Å². The Labute approximate surface area is 137 Å². The molecule has 0 spiro atoms. The van der Waals surface area contributed by atoms with Crippen molar-refractivity contribution in [2.24, 2.45) is 0 Å². The molecule has 1 aliphatic heterocycles. The van der Waals surface area contributed by atoms with Crippen LogP contribution in [-0.4, -0.2) is 65.6 Å². The molecule has 0 bridgehead atoms. The van der Waals surface area contributed by atoms with Crippen molar-refractivity contribution in [2.75, 3.05) is 19.6 Å². The number of carboxylic acids is 1. The zero-order valence-electron chi connectivity index (χ0n) is 14.2. The fourth-order valence-electron chi connectivity index (χ4n) is 2.94. The number of ether oxygens (including phenoxy) is 2. The number of alkyl carbamates (subject to hydrolysis) is 1. The first-order valence-corrected chi connectivity index (χ1v) is 8.30. The Kier molecular flexibility index (Phi) is 5.86. The fraction of sp³-hybridized carbons (Fsp3) is 0.875. The highest BCUT2D eigenvalue weighted by Crippen LogP contribution is 2.27. The molecule has 2 rings (SSSR count). The molecule has 0 atom stereocenters. The first-order valence-electron chi connectivity index (χ1n) is 8.30. The van der Waals surface area contributed by atoms with Crippen LogP contribution in [0.15, 0.2) is 0 Å². The van der Waals surface area contributed by atoms with Crippen LogP contribution >= 0.6 is 0 Å². The van der Waals surface area contributed by atoms with Crippen LogP contribution < -0.4 is 5.32 Å². The Morgan fingerprint density at radius 2 is 1.78 bits per heavy atom. The lowest BCUT2D eigenvalue weighted by molar-refractivity contribution is -0.139. The summed E-state index contributed by atoms with van der Waals surface area (Å²) < 4.78 is 11.3. The van der Waals surface area contributed by atoms with Gasteiger partial charge in [0, 0.05) is 19.1 Å². The average Bonchev–Trinajstić information content (AvgIpc) is 2.35. The van der Waals surface area contributed by atoms with Gasteiger partial charge in [0.25, 0.3) is 0 Å². The molecule has 2 aliphatic rings. The molecular formula is C16H28N2O5. The second-order valence-electron chi connectivity index (χ2n) is 7.44. The van der Waals surface area contributed by atoms with Crippen molar-refractivity contribution in [2.45, 2.75) is 70.3 Å². The normalized spacial score (nSPS) is 26.4. The zero-order valence-corrected chi connectivity index (χ0v) is 14.2. The van der Waals surface area contributed by atoms with Crippen LogP contribution in [0.3, 0.4) is 0 Å². The number of amides is 1. The smallest absolute Gasteiger partial charge is 0.407 e. The van der Waals surface area contributed by atoms with Crippen molar-refractivity contribution < 1.29 is 24.2 Å². The summed E-state index contributed by atoms with van der Waals surface area (Å²) in [6, 6.07) is 0.127. The van der Waals surface area contributed by atoms with Gasteiger partial charge in [0.05, 0.1) is 18.8 Å². The Bertz CT molecular complexity index is 421. The molecule has 0 aromatic carbocycles. The van der Waals surface area contributed by atoms with E-state index < -0.39 is 11.6 Å². The van der Waals surface area contributed by atoms with E-state index in [1.165, 1.54) is 0 Å². The Balaban J connectivity index is 1.58. The molecule has 1 saturated carbocycles. The largest absolute Gasteiger partial charge is 0.480 e.